The number of hydrogen-bond donors (Lipinski definition) is 1. The normalized spacial score (nSPS) is 11.4. The van der Waals surface area contributed by atoms with Gasteiger partial charge in [0.1, 0.15) is 17.0 Å². The lowest BCUT2D eigenvalue weighted by Crippen LogP contribution is -2.18. The monoisotopic (exact) mass is 363 g/mol. The van der Waals surface area contributed by atoms with Gasteiger partial charge >= 0.3 is 11.8 Å². The van der Waals surface area contributed by atoms with E-state index in [0.29, 0.717) is 17.2 Å². The second-order valence-corrected chi connectivity index (χ2v) is 5.38. The predicted molar refractivity (Wildman–Crippen MR) is 88.4 cm³/mol. The molecular formula is C18H12F3NO4. The van der Waals surface area contributed by atoms with Crippen LogP contribution in [0.3, 0.4) is 0 Å². The van der Waals surface area contributed by atoms with Crippen LogP contribution in [0.4, 0.5) is 18.9 Å². The highest BCUT2D eigenvalue weighted by Crippen LogP contribution is 2.29. The van der Waals surface area contributed by atoms with Crippen LogP contribution in [-0.4, -0.2) is 13.0 Å². The summed E-state index contributed by atoms with van der Waals surface area (Å²) < 4.78 is 48.4. The lowest BCUT2D eigenvalue weighted by atomic mass is 10.1. The Kier molecular flexibility index (Phi) is 4.41. The van der Waals surface area contributed by atoms with E-state index in [1.807, 2.05) is 0 Å². The van der Waals surface area contributed by atoms with Crippen LogP contribution < -0.4 is 15.7 Å². The molecule has 0 fully saturated rings. The third-order valence-corrected chi connectivity index (χ3v) is 3.64. The molecule has 0 unspecified atom stereocenters. The van der Waals surface area contributed by atoms with Gasteiger partial charge in [0.25, 0.3) is 5.91 Å². The number of methoxy groups -OCH3 is 1. The standard InChI is InChI=1S/C18H12F3NO4/c1-25-13-6-5-10-8-14(17(24)26-15(10)9-13)22-16(23)11-3-2-4-12(7-11)18(19,20)21/h2-9H,1H3,(H,22,23). The van der Waals surface area contributed by atoms with E-state index in [2.05, 4.69) is 5.32 Å². The Bertz CT molecular complexity index is 1040. The van der Waals surface area contributed by atoms with Crippen molar-refractivity contribution >= 4 is 22.6 Å². The Morgan fingerprint density at radius 2 is 1.88 bits per heavy atom. The number of carbonyl (C=O) groups is 1. The summed E-state index contributed by atoms with van der Waals surface area (Å²) in [5, 5.41) is 2.80. The molecule has 134 valence electrons. The third kappa shape index (κ3) is 3.53. The van der Waals surface area contributed by atoms with E-state index in [0.717, 1.165) is 12.1 Å². The number of alkyl halides is 3. The van der Waals surface area contributed by atoms with Crippen LogP contribution in [0, 0.1) is 0 Å². The van der Waals surface area contributed by atoms with E-state index in [9.17, 15) is 22.8 Å². The van der Waals surface area contributed by atoms with Gasteiger partial charge in [0.2, 0.25) is 0 Å². The fourth-order valence-electron chi connectivity index (χ4n) is 2.34. The lowest BCUT2D eigenvalue weighted by molar-refractivity contribution is -0.137. The summed E-state index contributed by atoms with van der Waals surface area (Å²) >= 11 is 0. The van der Waals surface area contributed by atoms with Crippen molar-refractivity contribution in [1.29, 1.82) is 0 Å². The first-order valence-electron chi connectivity index (χ1n) is 7.38. The number of fused-ring (bicyclic) bond motifs is 1. The SMILES string of the molecule is COc1ccc2cc(NC(=O)c3cccc(C(F)(F)F)c3)c(=O)oc2c1. The molecule has 0 aliphatic carbocycles. The summed E-state index contributed by atoms with van der Waals surface area (Å²) in [6, 6.07) is 10.1. The number of rotatable bonds is 3. The van der Waals surface area contributed by atoms with E-state index in [-0.39, 0.29) is 16.8 Å². The first-order valence-corrected chi connectivity index (χ1v) is 7.38. The topological polar surface area (TPSA) is 68.5 Å². The predicted octanol–water partition coefficient (Wildman–Crippen LogP) is 4.07. The van der Waals surface area contributed by atoms with Gasteiger partial charge in [0.05, 0.1) is 12.7 Å². The summed E-state index contributed by atoms with van der Waals surface area (Å²) in [7, 11) is 1.46. The van der Waals surface area contributed by atoms with Crippen molar-refractivity contribution in [1.82, 2.24) is 0 Å². The van der Waals surface area contributed by atoms with Crippen LogP contribution in [0.2, 0.25) is 0 Å². The maximum absolute atomic E-state index is 12.8. The molecule has 1 heterocycles. The van der Waals surface area contributed by atoms with E-state index in [1.54, 1.807) is 12.1 Å². The van der Waals surface area contributed by atoms with Crippen molar-refractivity contribution < 1.29 is 27.1 Å². The molecular weight excluding hydrogens is 351 g/mol. The largest absolute Gasteiger partial charge is 0.497 e. The number of ether oxygens (including phenoxy) is 1. The van der Waals surface area contributed by atoms with Crippen LogP contribution in [0.25, 0.3) is 11.0 Å². The molecule has 1 aromatic heterocycles. The molecule has 8 heteroatoms. The molecule has 26 heavy (non-hydrogen) atoms. The number of nitrogens with one attached hydrogen (secondary N) is 1. The number of carbonyl (C=O) groups excluding carboxylic acids is 1. The Morgan fingerprint density at radius 1 is 1.12 bits per heavy atom. The summed E-state index contributed by atoms with van der Waals surface area (Å²) in [5.74, 6) is -0.363. The van der Waals surface area contributed by atoms with Gasteiger partial charge in [-0.15, -0.1) is 0 Å². The molecule has 3 rings (SSSR count). The Morgan fingerprint density at radius 3 is 2.58 bits per heavy atom. The fourth-order valence-corrected chi connectivity index (χ4v) is 2.34. The molecule has 0 saturated carbocycles. The molecule has 1 N–H and O–H groups in total. The number of hydrogen-bond acceptors (Lipinski definition) is 4. The van der Waals surface area contributed by atoms with Gasteiger partial charge in [-0.25, -0.2) is 4.79 Å². The average Bonchev–Trinajstić information content (AvgIpc) is 2.61. The molecule has 0 aliphatic rings. The third-order valence-electron chi connectivity index (χ3n) is 3.64. The highest BCUT2D eigenvalue weighted by molar-refractivity contribution is 6.04. The van der Waals surface area contributed by atoms with E-state index >= 15 is 0 Å². The summed E-state index contributed by atoms with van der Waals surface area (Å²) in [4.78, 5) is 24.2. The first-order chi connectivity index (χ1) is 12.3. The highest BCUT2D eigenvalue weighted by Gasteiger charge is 2.31. The summed E-state index contributed by atoms with van der Waals surface area (Å²) in [5.41, 5.74) is -1.93. The molecule has 5 nitrogen and oxygen atoms in total. The Labute approximate surface area is 145 Å². The van der Waals surface area contributed by atoms with E-state index in [1.165, 1.54) is 25.3 Å². The van der Waals surface area contributed by atoms with Crippen molar-refractivity contribution in [3.8, 4) is 5.75 Å². The molecule has 3 aromatic rings. The van der Waals surface area contributed by atoms with Gasteiger partial charge in [-0.1, -0.05) is 6.07 Å². The van der Waals surface area contributed by atoms with Crippen LogP contribution in [0.15, 0.2) is 57.7 Å². The van der Waals surface area contributed by atoms with Gasteiger partial charge in [0, 0.05) is 17.0 Å². The maximum Gasteiger partial charge on any atom is 0.416 e. The number of halogens is 3. The molecule has 0 aliphatic heterocycles. The fraction of sp³-hybridized carbons (Fsp3) is 0.111. The van der Waals surface area contributed by atoms with Crippen LogP contribution in [-0.2, 0) is 6.18 Å². The zero-order chi connectivity index (χ0) is 18.9. The zero-order valence-electron chi connectivity index (χ0n) is 13.4. The van der Waals surface area contributed by atoms with E-state index < -0.39 is 23.3 Å². The van der Waals surface area contributed by atoms with Crippen LogP contribution >= 0.6 is 0 Å². The maximum atomic E-state index is 12.8. The van der Waals surface area contributed by atoms with E-state index in [4.69, 9.17) is 9.15 Å². The van der Waals surface area contributed by atoms with Crippen molar-refractivity contribution in [2.24, 2.45) is 0 Å². The van der Waals surface area contributed by atoms with Gasteiger partial charge < -0.3 is 14.5 Å². The molecule has 1 amide bonds. The Hall–Kier alpha value is -3.29. The number of anilines is 1. The lowest BCUT2D eigenvalue weighted by Gasteiger charge is -2.09. The summed E-state index contributed by atoms with van der Waals surface area (Å²) in [6.45, 7) is 0. The van der Waals surface area contributed by atoms with Crippen LogP contribution in [0.5, 0.6) is 5.75 Å². The summed E-state index contributed by atoms with van der Waals surface area (Å²) in [6.07, 6.45) is -4.57. The van der Waals surface area contributed by atoms with Crippen molar-refractivity contribution in [3.05, 3.63) is 70.1 Å². The van der Waals surface area contributed by atoms with Crippen molar-refractivity contribution in [2.75, 3.05) is 12.4 Å². The molecule has 0 bridgehead atoms. The second kappa shape index (κ2) is 6.55. The molecule has 2 aromatic carbocycles. The zero-order valence-corrected chi connectivity index (χ0v) is 13.4. The van der Waals surface area contributed by atoms with Gasteiger partial charge in [-0.05, 0) is 36.4 Å². The molecule has 0 radical (unpaired) electrons. The smallest absolute Gasteiger partial charge is 0.416 e. The van der Waals surface area contributed by atoms with Crippen LogP contribution in [0.1, 0.15) is 15.9 Å². The molecule has 0 atom stereocenters. The highest BCUT2D eigenvalue weighted by atomic mass is 19.4. The minimum absolute atomic E-state index is 0.176. The minimum atomic E-state index is -4.57. The van der Waals surface area contributed by atoms with Gasteiger partial charge in [0.15, 0.2) is 0 Å². The Balaban J connectivity index is 1.92. The van der Waals surface area contributed by atoms with Gasteiger partial charge in [-0.2, -0.15) is 13.2 Å². The number of benzene rings is 2. The number of amides is 1. The first kappa shape index (κ1) is 17.5. The van der Waals surface area contributed by atoms with Crippen molar-refractivity contribution in [3.63, 3.8) is 0 Å². The van der Waals surface area contributed by atoms with Gasteiger partial charge in [-0.3, -0.25) is 4.79 Å². The molecule has 0 spiro atoms. The minimum Gasteiger partial charge on any atom is -0.497 e. The van der Waals surface area contributed by atoms with Crippen molar-refractivity contribution in [2.45, 2.75) is 6.18 Å². The molecule has 0 saturated heterocycles. The average molecular weight is 363 g/mol. The quantitative estimate of drug-likeness (QED) is 0.712. The second-order valence-electron chi connectivity index (χ2n) is 5.38.